The van der Waals surface area contributed by atoms with E-state index in [1.54, 1.807) is 6.07 Å². The zero-order chi connectivity index (χ0) is 33.9. The molecule has 47 heavy (non-hydrogen) atoms. The van der Waals surface area contributed by atoms with Crippen LogP contribution in [0.15, 0.2) is 59.1 Å². The summed E-state index contributed by atoms with van der Waals surface area (Å²) in [5.41, 5.74) is 3.18. The van der Waals surface area contributed by atoms with Gasteiger partial charge in [0, 0.05) is 31.9 Å². The van der Waals surface area contributed by atoms with E-state index in [0.717, 1.165) is 35.3 Å². The van der Waals surface area contributed by atoms with Crippen molar-refractivity contribution in [2.24, 2.45) is 0 Å². The summed E-state index contributed by atoms with van der Waals surface area (Å²) in [5, 5.41) is 2.98. The maximum Gasteiger partial charge on any atom is 0.407 e. The number of nitrogens with one attached hydrogen (secondary N) is 1. The van der Waals surface area contributed by atoms with E-state index >= 15 is 0 Å². The minimum Gasteiger partial charge on any atom is -0.457 e. The second-order valence-corrected chi connectivity index (χ2v) is 14.8. The molecule has 0 bridgehead atoms. The highest BCUT2D eigenvalue weighted by Gasteiger charge is 2.31. The molecule has 1 atom stereocenters. The summed E-state index contributed by atoms with van der Waals surface area (Å²) in [6.45, 7) is 13.5. The number of rotatable bonds is 7. The first-order chi connectivity index (χ1) is 22.1. The predicted octanol–water partition coefficient (Wildman–Crippen LogP) is 6.82. The molecule has 0 saturated carbocycles. The van der Waals surface area contributed by atoms with Gasteiger partial charge in [-0.05, 0) is 111 Å². The van der Waals surface area contributed by atoms with Crippen molar-refractivity contribution in [2.75, 3.05) is 29.4 Å². The Labute approximate surface area is 284 Å². The number of fused-ring (bicyclic) bond motifs is 1. The Morgan fingerprint density at radius 1 is 0.915 bits per heavy atom. The number of anilines is 2. The standard InChI is InChI=1S/C36H43BrN4O6/c1-35(2,3)46-33(43)31-29(37)12-13-30(39-31)41-16-14-24-18-26(40-17-15-25(20-40)38-34(44)47-36(4,5)6)19-27(28(24)21-41)32(42)45-22-23-10-8-7-9-11-23/h7-13,18-19,25H,14-17,20-22H2,1-6H3,(H,38,44)/t25-/m0/s1. The molecule has 3 heterocycles. The molecular formula is C36H43BrN4O6. The third kappa shape index (κ3) is 9.03. The fourth-order valence-corrected chi connectivity index (χ4v) is 6.06. The molecule has 0 radical (unpaired) electrons. The Kier molecular flexibility index (Phi) is 10.1. The number of benzene rings is 2. The van der Waals surface area contributed by atoms with E-state index in [2.05, 4.69) is 42.1 Å². The van der Waals surface area contributed by atoms with Gasteiger partial charge in [-0.3, -0.25) is 0 Å². The molecule has 0 unspecified atom stereocenters. The number of amides is 1. The Balaban J connectivity index is 1.40. The third-order valence-corrected chi connectivity index (χ3v) is 8.42. The summed E-state index contributed by atoms with van der Waals surface area (Å²) in [6.07, 6.45) is 0.985. The normalized spacial score (nSPS) is 16.4. The molecule has 1 N–H and O–H groups in total. The summed E-state index contributed by atoms with van der Waals surface area (Å²) >= 11 is 3.45. The predicted molar refractivity (Wildman–Crippen MR) is 184 cm³/mol. The SMILES string of the molecule is CC(C)(C)OC(=O)N[C@H]1CCN(c2cc3c(c(C(=O)OCc4ccccc4)c2)CN(c2ccc(Br)c(C(=O)OC(C)(C)C)n2)CC3)C1. The van der Waals surface area contributed by atoms with E-state index < -0.39 is 29.2 Å². The van der Waals surface area contributed by atoms with Crippen LogP contribution < -0.4 is 15.1 Å². The van der Waals surface area contributed by atoms with Gasteiger partial charge in [-0.1, -0.05) is 30.3 Å². The molecule has 10 nitrogen and oxygen atoms in total. The minimum absolute atomic E-state index is 0.0764. The van der Waals surface area contributed by atoms with Crippen molar-refractivity contribution in [3.63, 3.8) is 0 Å². The summed E-state index contributed by atoms with van der Waals surface area (Å²) in [6, 6.07) is 17.2. The molecule has 1 amide bonds. The average molecular weight is 708 g/mol. The molecular weight excluding hydrogens is 664 g/mol. The van der Waals surface area contributed by atoms with Crippen LogP contribution in [0.3, 0.4) is 0 Å². The van der Waals surface area contributed by atoms with Gasteiger partial charge in [-0.15, -0.1) is 0 Å². The lowest BCUT2D eigenvalue weighted by Gasteiger charge is -2.32. The first-order valence-corrected chi connectivity index (χ1v) is 16.7. The lowest BCUT2D eigenvalue weighted by molar-refractivity contribution is 0.00612. The molecule has 1 fully saturated rings. The van der Waals surface area contributed by atoms with E-state index in [9.17, 15) is 14.4 Å². The molecule has 11 heteroatoms. The van der Waals surface area contributed by atoms with Gasteiger partial charge in [0.05, 0.1) is 16.1 Å². The number of esters is 2. The number of nitrogens with zero attached hydrogens (tertiary/aromatic N) is 3. The molecule has 1 aromatic heterocycles. The van der Waals surface area contributed by atoms with Gasteiger partial charge in [0.1, 0.15) is 23.6 Å². The van der Waals surface area contributed by atoms with E-state index in [-0.39, 0.29) is 18.3 Å². The Hall–Kier alpha value is -4.12. The molecule has 3 aromatic rings. The zero-order valence-corrected chi connectivity index (χ0v) is 29.5. The molecule has 5 rings (SSSR count). The van der Waals surface area contributed by atoms with Crippen molar-refractivity contribution in [2.45, 2.75) is 84.8 Å². The quantitative estimate of drug-likeness (QED) is 0.209. The monoisotopic (exact) mass is 706 g/mol. The Morgan fingerprint density at radius 3 is 2.34 bits per heavy atom. The third-order valence-electron chi connectivity index (χ3n) is 7.78. The highest BCUT2D eigenvalue weighted by molar-refractivity contribution is 9.10. The topological polar surface area (TPSA) is 110 Å². The largest absolute Gasteiger partial charge is 0.457 e. The minimum atomic E-state index is -0.661. The maximum atomic E-state index is 13.7. The van der Waals surface area contributed by atoms with Crippen LogP contribution >= 0.6 is 15.9 Å². The van der Waals surface area contributed by atoms with Crippen LogP contribution in [0.25, 0.3) is 0 Å². The lowest BCUT2D eigenvalue weighted by Crippen LogP contribution is -2.40. The van der Waals surface area contributed by atoms with Gasteiger partial charge < -0.3 is 29.3 Å². The highest BCUT2D eigenvalue weighted by Crippen LogP contribution is 2.33. The summed E-state index contributed by atoms with van der Waals surface area (Å²) < 4.78 is 17.4. The van der Waals surface area contributed by atoms with Crippen LogP contribution in [0, 0.1) is 0 Å². The maximum absolute atomic E-state index is 13.7. The molecule has 2 aliphatic heterocycles. The average Bonchev–Trinajstić information content (AvgIpc) is 3.46. The molecule has 0 aliphatic carbocycles. The lowest BCUT2D eigenvalue weighted by atomic mass is 9.93. The van der Waals surface area contributed by atoms with Crippen molar-refractivity contribution >= 4 is 45.5 Å². The van der Waals surface area contributed by atoms with Crippen LogP contribution in [0.1, 0.15) is 85.5 Å². The number of hydrogen-bond donors (Lipinski definition) is 1. The number of pyridine rings is 1. The van der Waals surface area contributed by atoms with Crippen LogP contribution in [0.2, 0.25) is 0 Å². The number of carbonyl (C=O) groups is 3. The van der Waals surface area contributed by atoms with E-state index in [4.69, 9.17) is 14.2 Å². The van der Waals surface area contributed by atoms with Crippen LogP contribution in [-0.2, 0) is 33.8 Å². The molecule has 0 spiro atoms. The zero-order valence-electron chi connectivity index (χ0n) is 27.9. The van der Waals surface area contributed by atoms with Crippen LogP contribution in [-0.4, -0.2) is 59.9 Å². The van der Waals surface area contributed by atoms with Gasteiger partial charge in [-0.25, -0.2) is 19.4 Å². The molecule has 2 aromatic carbocycles. The van der Waals surface area contributed by atoms with Crippen LogP contribution in [0.5, 0.6) is 0 Å². The van der Waals surface area contributed by atoms with Gasteiger partial charge in [0.25, 0.3) is 0 Å². The number of alkyl carbamates (subject to hydrolysis) is 1. The summed E-state index contributed by atoms with van der Waals surface area (Å²) in [7, 11) is 0. The number of ether oxygens (including phenoxy) is 3. The smallest absolute Gasteiger partial charge is 0.407 e. The van der Waals surface area contributed by atoms with Gasteiger partial charge >= 0.3 is 18.0 Å². The van der Waals surface area contributed by atoms with E-state index in [0.29, 0.717) is 41.9 Å². The van der Waals surface area contributed by atoms with E-state index in [1.165, 1.54) is 0 Å². The fraction of sp³-hybridized carbons (Fsp3) is 0.444. The summed E-state index contributed by atoms with van der Waals surface area (Å²) in [5.74, 6) is -0.304. The van der Waals surface area contributed by atoms with Gasteiger partial charge in [-0.2, -0.15) is 0 Å². The van der Waals surface area contributed by atoms with Gasteiger partial charge in [0.2, 0.25) is 0 Å². The number of aromatic nitrogens is 1. The molecule has 1 saturated heterocycles. The van der Waals surface area contributed by atoms with Crippen molar-refractivity contribution < 1.29 is 28.6 Å². The van der Waals surface area contributed by atoms with Crippen LogP contribution in [0.4, 0.5) is 16.3 Å². The number of halogens is 1. The second-order valence-electron chi connectivity index (χ2n) is 13.9. The van der Waals surface area contributed by atoms with E-state index in [1.807, 2.05) is 84.0 Å². The van der Waals surface area contributed by atoms with Crippen molar-refractivity contribution in [3.8, 4) is 0 Å². The number of carbonyl (C=O) groups excluding carboxylic acids is 3. The van der Waals surface area contributed by atoms with Crippen molar-refractivity contribution in [1.82, 2.24) is 10.3 Å². The van der Waals surface area contributed by atoms with Crippen molar-refractivity contribution in [3.05, 3.63) is 87.0 Å². The van der Waals surface area contributed by atoms with Gasteiger partial charge in [0.15, 0.2) is 5.69 Å². The molecule has 2 aliphatic rings. The summed E-state index contributed by atoms with van der Waals surface area (Å²) in [4.78, 5) is 48.0. The Bertz CT molecular complexity index is 1630. The van der Waals surface area contributed by atoms with Crippen molar-refractivity contribution in [1.29, 1.82) is 0 Å². The second kappa shape index (κ2) is 13.9. The Morgan fingerprint density at radius 2 is 1.64 bits per heavy atom. The molecule has 250 valence electrons. The fourth-order valence-electron chi connectivity index (χ4n) is 5.68. The first-order valence-electron chi connectivity index (χ1n) is 15.9. The highest BCUT2D eigenvalue weighted by atomic mass is 79.9. The number of hydrogen-bond acceptors (Lipinski definition) is 9. The first kappa shape index (κ1) is 34.2.